The SMILES string of the molecule is O=C(Nc1ccc(S(=O)(=O)N2CCCCC2)cc1)[C@H]1CCCC[C@H]1C(=O)O. The second-order valence-corrected chi connectivity index (χ2v) is 9.25. The van der Waals surface area contributed by atoms with Crippen LogP contribution in [-0.4, -0.2) is 42.8 Å². The van der Waals surface area contributed by atoms with Crippen LogP contribution < -0.4 is 5.32 Å². The van der Waals surface area contributed by atoms with Gasteiger partial charge in [0.15, 0.2) is 0 Å². The molecule has 0 bridgehead atoms. The van der Waals surface area contributed by atoms with Crippen molar-refractivity contribution in [3.8, 4) is 0 Å². The van der Waals surface area contributed by atoms with Crippen LogP contribution >= 0.6 is 0 Å². The Hall–Kier alpha value is -1.93. The van der Waals surface area contributed by atoms with E-state index in [1.165, 1.54) is 16.4 Å². The predicted molar refractivity (Wildman–Crippen MR) is 101 cm³/mol. The molecule has 0 aromatic heterocycles. The molecule has 8 heteroatoms. The summed E-state index contributed by atoms with van der Waals surface area (Å²) in [5, 5.41) is 12.1. The third-order valence-electron chi connectivity index (χ3n) is 5.49. The van der Waals surface area contributed by atoms with Gasteiger partial charge < -0.3 is 10.4 Å². The van der Waals surface area contributed by atoms with Gasteiger partial charge in [-0.15, -0.1) is 0 Å². The molecule has 2 N–H and O–H groups in total. The second-order valence-electron chi connectivity index (χ2n) is 7.31. The fourth-order valence-corrected chi connectivity index (χ4v) is 5.46. The molecule has 0 unspecified atom stereocenters. The van der Waals surface area contributed by atoms with Gasteiger partial charge in [0.05, 0.1) is 16.7 Å². The molecule has 1 saturated carbocycles. The molecule has 2 atom stereocenters. The molecule has 148 valence electrons. The number of carboxylic acids is 1. The van der Waals surface area contributed by atoms with Crippen LogP contribution in [0.1, 0.15) is 44.9 Å². The van der Waals surface area contributed by atoms with Crippen molar-refractivity contribution < 1.29 is 23.1 Å². The van der Waals surface area contributed by atoms with Crippen molar-refractivity contribution in [1.29, 1.82) is 0 Å². The number of hydrogen-bond donors (Lipinski definition) is 2. The van der Waals surface area contributed by atoms with Gasteiger partial charge in [0.2, 0.25) is 15.9 Å². The summed E-state index contributed by atoms with van der Waals surface area (Å²) < 4.78 is 26.8. The number of sulfonamides is 1. The highest BCUT2D eigenvalue weighted by molar-refractivity contribution is 7.89. The van der Waals surface area contributed by atoms with Crippen LogP contribution in [0.5, 0.6) is 0 Å². The lowest BCUT2D eigenvalue weighted by Crippen LogP contribution is -2.36. The minimum Gasteiger partial charge on any atom is -0.481 e. The highest BCUT2D eigenvalue weighted by Crippen LogP contribution is 2.31. The molecule has 3 rings (SSSR count). The third-order valence-corrected chi connectivity index (χ3v) is 7.41. The number of carboxylic acid groups (broad SMARTS) is 1. The number of nitrogens with zero attached hydrogens (tertiary/aromatic N) is 1. The van der Waals surface area contributed by atoms with Crippen LogP contribution in [0.2, 0.25) is 0 Å². The maximum absolute atomic E-state index is 12.7. The van der Waals surface area contributed by atoms with E-state index in [1.54, 1.807) is 12.1 Å². The Bertz CT molecular complexity index is 785. The van der Waals surface area contributed by atoms with Gasteiger partial charge in [0, 0.05) is 18.8 Å². The van der Waals surface area contributed by atoms with Crippen molar-refractivity contribution in [1.82, 2.24) is 4.31 Å². The maximum atomic E-state index is 12.7. The Morgan fingerprint density at radius 1 is 0.926 bits per heavy atom. The monoisotopic (exact) mass is 394 g/mol. The Morgan fingerprint density at radius 2 is 1.52 bits per heavy atom. The van der Waals surface area contributed by atoms with E-state index in [0.717, 1.165) is 32.1 Å². The first kappa shape index (κ1) is 19.8. The van der Waals surface area contributed by atoms with E-state index < -0.39 is 27.8 Å². The molecule has 0 radical (unpaired) electrons. The highest BCUT2D eigenvalue weighted by Gasteiger charge is 2.35. The number of benzene rings is 1. The normalized spacial score (nSPS) is 24.3. The van der Waals surface area contributed by atoms with Crippen LogP contribution in [-0.2, 0) is 19.6 Å². The third kappa shape index (κ3) is 4.50. The van der Waals surface area contributed by atoms with Crippen molar-refractivity contribution >= 4 is 27.6 Å². The molecular weight excluding hydrogens is 368 g/mol. The molecule has 1 aromatic rings. The number of amides is 1. The first-order valence-electron chi connectivity index (χ1n) is 9.53. The summed E-state index contributed by atoms with van der Waals surface area (Å²) in [5.41, 5.74) is 0.479. The van der Waals surface area contributed by atoms with Crippen LogP contribution in [0.15, 0.2) is 29.2 Å². The fourth-order valence-electron chi connectivity index (χ4n) is 3.94. The first-order chi connectivity index (χ1) is 12.9. The number of nitrogens with one attached hydrogen (secondary N) is 1. The quantitative estimate of drug-likeness (QED) is 0.799. The highest BCUT2D eigenvalue weighted by atomic mass is 32.2. The molecule has 1 heterocycles. The summed E-state index contributed by atoms with van der Waals surface area (Å²) in [7, 11) is -3.50. The molecule has 1 saturated heterocycles. The smallest absolute Gasteiger partial charge is 0.307 e. The average molecular weight is 394 g/mol. The van der Waals surface area contributed by atoms with Crippen LogP contribution in [0.4, 0.5) is 5.69 Å². The molecule has 2 fully saturated rings. The average Bonchev–Trinajstić information content (AvgIpc) is 2.69. The van der Waals surface area contributed by atoms with Gasteiger partial charge in [-0.05, 0) is 49.9 Å². The van der Waals surface area contributed by atoms with Crippen molar-refractivity contribution in [3.63, 3.8) is 0 Å². The van der Waals surface area contributed by atoms with Crippen molar-refractivity contribution in [2.24, 2.45) is 11.8 Å². The lowest BCUT2D eigenvalue weighted by molar-refractivity contribution is -0.147. The fraction of sp³-hybridized carbons (Fsp3) is 0.579. The van der Waals surface area contributed by atoms with Gasteiger partial charge >= 0.3 is 5.97 Å². The number of carbonyl (C=O) groups is 2. The number of aliphatic carboxylic acids is 1. The van der Waals surface area contributed by atoms with Crippen molar-refractivity contribution in [2.75, 3.05) is 18.4 Å². The second kappa shape index (κ2) is 8.39. The Labute approximate surface area is 159 Å². The van der Waals surface area contributed by atoms with E-state index in [2.05, 4.69) is 5.32 Å². The number of rotatable bonds is 5. The number of piperidine rings is 1. The van der Waals surface area contributed by atoms with Gasteiger partial charge in [-0.3, -0.25) is 9.59 Å². The van der Waals surface area contributed by atoms with E-state index in [0.29, 0.717) is 31.6 Å². The predicted octanol–water partition coefficient (Wildman–Crippen LogP) is 2.69. The molecule has 27 heavy (non-hydrogen) atoms. The zero-order valence-electron chi connectivity index (χ0n) is 15.3. The first-order valence-corrected chi connectivity index (χ1v) is 11.0. The summed E-state index contributed by atoms with van der Waals surface area (Å²) >= 11 is 0. The lowest BCUT2D eigenvalue weighted by Gasteiger charge is -2.27. The van der Waals surface area contributed by atoms with Crippen LogP contribution in [0.3, 0.4) is 0 Å². The van der Waals surface area contributed by atoms with Gasteiger partial charge in [-0.2, -0.15) is 4.31 Å². The number of anilines is 1. The van der Waals surface area contributed by atoms with E-state index in [1.807, 2.05) is 0 Å². The minimum absolute atomic E-state index is 0.212. The number of carbonyl (C=O) groups excluding carboxylic acids is 1. The van der Waals surface area contributed by atoms with E-state index >= 15 is 0 Å². The molecule has 1 amide bonds. The molecule has 0 spiro atoms. The summed E-state index contributed by atoms with van der Waals surface area (Å²) in [6.45, 7) is 1.08. The molecule has 7 nitrogen and oxygen atoms in total. The summed E-state index contributed by atoms with van der Waals surface area (Å²) in [5.74, 6) is -2.45. The van der Waals surface area contributed by atoms with Gasteiger partial charge in [-0.25, -0.2) is 8.42 Å². The van der Waals surface area contributed by atoms with Crippen LogP contribution in [0, 0.1) is 11.8 Å². The summed E-state index contributed by atoms with van der Waals surface area (Å²) in [6, 6.07) is 6.12. The number of hydrogen-bond acceptors (Lipinski definition) is 4. The molecule has 1 aromatic carbocycles. The minimum atomic E-state index is -3.50. The van der Waals surface area contributed by atoms with Gasteiger partial charge in [0.25, 0.3) is 0 Å². The van der Waals surface area contributed by atoms with Crippen molar-refractivity contribution in [2.45, 2.75) is 49.8 Å². The molecule has 1 aliphatic heterocycles. The summed E-state index contributed by atoms with van der Waals surface area (Å²) in [4.78, 5) is 24.1. The van der Waals surface area contributed by atoms with Gasteiger partial charge in [0.1, 0.15) is 0 Å². The largest absolute Gasteiger partial charge is 0.481 e. The van der Waals surface area contributed by atoms with E-state index in [9.17, 15) is 23.1 Å². The molecule has 1 aliphatic carbocycles. The Kier molecular flexibility index (Phi) is 6.16. The zero-order chi connectivity index (χ0) is 19.4. The topological polar surface area (TPSA) is 104 Å². The van der Waals surface area contributed by atoms with E-state index in [-0.39, 0.29) is 10.8 Å². The van der Waals surface area contributed by atoms with Crippen LogP contribution in [0.25, 0.3) is 0 Å². The standard InChI is InChI=1S/C19H26N2O5S/c22-18(16-6-2-3-7-17(16)19(23)24)20-14-8-10-15(11-9-14)27(25,26)21-12-4-1-5-13-21/h8-11,16-17H,1-7,12-13H2,(H,20,22)(H,23,24)/t16-,17+/m0/s1. The molecular formula is C19H26N2O5S. The van der Waals surface area contributed by atoms with Crippen molar-refractivity contribution in [3.05, 3.63) is 24.3 Å². The summed E-state index contributed by atoms with van der Waals surface area (Å²) in [6.07, 6.45) is 5.54. The lowest BCUT2D eigenvalue weighted by atomic mass is 9.78. The maximum Gasteiger partial charge on any atom is 0.307 e. The Morgan fingerprint density at radius 3 is 2.11 bits per heavy atom. The molecule has 2 aliphatic rings. The Balaban J connectivity index is 1.68. The zero-order valence-corrected chi connectivity index (χ0v) is 16.1. The van der Waals surface area contributed by atoms with Gasteiger partial charge in [-0.1, -0.05) is 19.3 Å². The van der Waals surface area contributed by atoms with E-state index in [4.69, 9.17) is 0 Å².